The molecule has 0 bridgehead atoms. The van der Waals surface area contributed by atoms with E-state index >= 15 is 0 Å². The third kappa shape index (κ3) is 3.42. The van der Waals surface area contributed by atoms with E-state index in [-0.39, 0.29) is 6.54 Å². The van der Waals surface area contributed by atoms with E-state index in [4.69, 9.17) is 0 Å². The van der Waals surface area contributed by atoms with Gasteiger partial charge in [0, 0.05) is 12.5 Å². The van der Waals surface area contributed by atoms with Gasteiger partial charge in [-0.2, -0.15) is 13.2 Å². The van der Waals surface area contributed by atoms with Crippen molar-refractivity contribution in [2.45, 2.75) is 56.4 Å². The zero-order valence-corrected chi connectivity index (χ0v) is 14.4. The van der Waals surface area contributed by atoms with E-state index in [0.29, 0.717) is 19.3 Å². The lowest BCUT2D eigenvalue weighted by atomic mass is 9.94. The number of hydrogen-bond donors (Lipinski definition) is 2. The molecule has 1 aliphatic carbocycles. The van der Waals surface area contributed by atoms with Gasteiger partial charge in [0.1, 0.15) is 0 Å². The first-order valence-corrected chi connectivity index (χ1v) is 8.96. The van der Waals surface area contributed by atoms with Crippen molar-refractivity contribution >= 4 is 11.9 Å². The number of alkyl halides is 3. The number of hydrogen-bond acceptors (Lipinski definition) is 2. The molecule has 3 N–H and O–H groups in total. The SMILES string of the molecule is O=C1N[C@@]([NH2+]CCc2ccccc2)(C(F)(F)F)C(=O)N1C1CCCCC1. The van der Waals surface area contributed by atoms with Crippen LogP contribution < -0.4 is 10.6 Å². The van der Waals surface area contributed by atoms with Crippen molar-refractivity contribution in [1.29, 1.82) is 0 Å². The number of halogens is 3. The van der Waals surface area contributed by atoms with Crippen molar-refractivity contribution in [2.24, 2.45) is 0 Å². The topological polar surface area (TPSA) is 66.0 Å². The predicted molar refractivity (Wildman–Crippen MR) is 88.0 cm³/mol. The number of rotatable bonds is 5. The zero-order valence-electron chi connectivity index (χ0n) is 14.4. The minimum Gasteiger partial charge on any atom is -0.308 e. The molecule has 1 aromatic carbocycles. The van der Waals surface area contributed by atoms with E-state index in [0.717, 1.165) is 35.0 Å². The highest BCUT2D eigenvalue weighted by molar-refractivity contribution is 6.06. The summed E-state index contributed by atoms with van der Waals surface area (Å²) in [4.78, 5) is 25.8. The van der Waals surface area contributed by atoms with Gasteiger partial charge in [-0.05, 0) is 18.4 Å². The Morgan fingerprint density at radius 1 is 1.12 bits per heavy atom. The third-order valence-corrected chi connectivity index (χ3v) is 5.19. The van der Waals surface area contributed by atoms with Crippen LogP contribution in [0, 0.1) is 0 Å². The van der Waals surface area contributed by atoms with Gasteiger partial charge in [0.2, 0.25) is 0 Å². The first-order valence-electron chi connectivity index (χ1n) is 8.96. The average molecular weight is 370 g/mol. The number of carbonyl (C=O) groups is 2. The second-order valence-corrected chi connectivity index (χ2v) is 6.93. The number of benzene rings is 1. The zero-order chi connectivity index (χ0) is 18.8. The number of amides is 3. The molecule has 1 aromatic rings. The highest BCUT2D eigenvalue weighted by Crippen LogP contribution is 2.34. The lowest BCUT2D eigenvalue weighted by molar-refractivity contribution is -0.740. The quantitative estimate of drug-likeness (QED) is 0.778. The molecule has 1 heterocycles. The van der Waals surface area contributed by atoms with E-state index in [1.165, 1.54) is 0 Å². The van der Waals surface area contributed by atoms with Gasteiger partial charge < -0.3 is 5.32 Å². The largest absolute Gasteiger partial charge is 0.476 e. The number of nitrogens with zero attached hydrogens (tertiary/aromatic N) is 1. The molecule has 142 valence electrons. The number of carbonyl (C=O) groups excluding carboxylic acids is 2. The van der Waals surface area contributed by atoms with Crippen molar-refractivity contribution in [3.8, 4) is 0 Å². The Morgan fingerprint density at radius 2 is 1.77 bits per heavy atom. The van der Waals surface area contributed by atoms with Crippen molar-refractivity contribution < 1.29 is 28.1 Å². The summed E-state index contributed by atoms with van der Waals surface area (Å²) >= 11 is 0. The Hall–Kier alpha value is -2.09. The molecule has 2 aliphatic rings. The van der Waals surface area contributed by atoms with Crippen molar-refractivity contribution in [2.75, 3.05) is 6.54 Å². The van der Waals surface area contributed by atoms with E-state index in [1.807, 2.05) is 35.6 Å². The summed E-state index contributed by atoms with van der Waals surface area (Å²) in [5.74, 6) is -1.19. The van der Waals surface area contributed by atoms with Crippen LogP contribution in [0.25, 0.3) is 0 Å². The van der Waals surface area contributed by atoms with Crippen LogP contribution in [0.5, 0.6) is 0 Å². The van der Waals surface area contributed by atoms with E-state index in [9.17, 15) is 22.8 Å². The van der Waals surface area contributed by atoms with Crippen LogP contribution in [0.15, 0.2) is 30.3 Å². The first-order chi connectivity index (χ1) is 12.3. The summed E-state index contributed by atoms with van der Waals surface area (Å²) in [5, 5.41) is 2.87. The Morgan fingerprint density at radius 3 is 2.38 bits per heavy atom. The smallest absolute Gasteiger partial charge is 0.308 e. The molecule has 1 saturated heterocycles. The van der Waals surface area contributed by atoms with Crippen LogP contribution in [-0.2, 0) is 11.2 Å². The van der Waals surface area contributed by atoms with Crippen LogP contribution in [0.2, 0.25) is 0 Å². The van der Waals surface area contributed by atoms with Crippen LogP contribution >= 0.6 is 0 Å². The molecule has 0 unspecified atom stereocenters. The molecule has 1 saturated carbocycles. The predicted octanol–water partition coefficient (Wildman–Crippen LogP) is 1.94. The molecule has 8 heteroatoms. The van der Waals surface area contributed by atoms with Gasteiger partial charge >= 0.3 is 23.8 Å². The minimum atomic E-state index is -4.88. The molecule has 1 atom stereocenters. The normalized spacial score (nSPS) is 24.8. The molecular weight excluding hydrogens is 347 g/mol. The first kappa shape index (κ1) is 18.7. The maximum Gasteiger partial charge on any atom is 0.476 e. The fourth-order valence-electron chi connectivity index (χ4n) is 3.78. The van der Waals surface area contributed by atoms with Gasteiger partial charge in [0.15, 0.2) is 0 Å². The molecule has 5 nitrogen and oxygen atoms in total. The lowest BCUT2D eigenvalue weighted by Gasteiger charge is -2.30. The van der Waals surface area contributed by atoms with Gasteiger partial charge in [0.05, 0.1) is 6.54 Å². The van der Waals surface area contributed by atoms with Crippen LogP contribution in [0.1, 0.15) is 37.7 Å². The standard InChI is InChI=1S/C18H22F3N3O2/c19-18(20,21)17(22-12-11-13-7-3-1-4-8-13)15(25)24(16(26)23-17)14-9-5-2-6-10-14/h1,3-4,7-8,14,22H,2,5-6,9-12H2,(H,23,26)/p+1/t17-/m1/s1. The fourth-order valence-corrected chi connectivity index (χ4v) is 3.78. The highest BCUT2D eigenvalue weighted by atomic mass is 19.4. The summed E-state index contributed by atoms with van der Waals surface area (Å²) < 4.78 is 41.4. The summed E-state index contributed by atoms with van der Waals surface area (Å²) in [7, 11) is 0. The Bertz CT molecular complexity index is 659. The number of nitrogens with two attached hydrogens (primary N) is 1. The molecule has 3 amide bonds. The molecule has 0 spiro atoms. The number of imide groups is 1. The van der Waals surface area contributed by atoms with Crippen LogP contribution in [0.4, 0.5) is 18.0 Å². The number of nitrogens with one attached hydrogen (secondary N) is 1. The molecule has 3 rings (SSSR count). The van der Waals surface area contributed by atoms with Gasteiger partial charge in [0.25, 0.3) is 0 Å². The Labute approximate surface area is 149 Å². The van der Waals surface area contributed by atoms with Crippen LogP contribution in [0.3, 0.4) is 0 Å². The molecule has 26 heavy (non-hydrogen) atoms. The highest BCUT2D eigenvalue weighted by Gasteiger charge is 2.72. The summed E-state index contributed by atoms with van der Waals surface area (Å²) in [5.41, 5.74) is -2.04. The van der Waals surface area contributed by atoms with Crippen molar-refractivity contribution in [3.05, 3.63) is 35.9 Å². The lowest BCUT2D eigenvalue weighted by Crippen LogP contribution is -3.05. The van der Waals surface area contributed by atoms with Crippen molar-refractivity contribution in [1.82, 2.24) is 10.2 Å². The van der Waals surface area contributed by atoms with Gasteiger partial charge in [-0.15, -0.1) is 0 Å². The van der Waals surface area contributed by atoms with E-state index in [1.54, 1.807) is 0 Å². The summed E-state index contributed by atoms with van der Waals surface area (Å²) in [6, 6.07) is 7.70. The summed E-state index contributed by atoms with van der Waals surface area (Å²) in [6.07, 6.45) is -0.760. The van der Waals surface area contributed by atoms with Crippen LogP contribution in [-0.4, -0.2) is 41.3 Å². The maximum atomic E-state index is 13.8. The molecule has 0 aromatic heterocycles. The minimum absolute atomic E-state index is 0.0358. The molecular formula is C18H23F3N3O2+. The van der Waals surface area contributed by atoms with E-state index < -0.39 is 29.8 Å². The van der Waals surface area contributed by atoms with Gasteiger partial charge in [-0.25, -0.2) is 4.79 Å². The summed E-state index contributed by atoms with van der Waals surface area (Å²) in [6.45, 7) is 0.0358. The number of quaternary nitrogens is 1. The molecule has 1 aliphatic heterocycles. The van der Waals surface area contributed by atoms with Gasteiger partial charge in [-0.1, -0.05) is 49.6 Å². The number of urea groups is 1. The maximum absolute atomic E-state index is 13.8. The average Bonchev–Trinajstić information content (AvgIpc) is 2.88. The Balaban J connectivity index is 1.77. The Kier molecular flexibility index (Phi) is 5.22. The molecule has 0 radical (unpaired) electrons. The third-order valence-electron chi connectivity index (χ3n) is 5.19. The van der Waals surface area contributed by atoms with Crippen molar-refractivity contribution in [3.63, 3.8) is 0 Å². The fraction of sp³-hybridized carbons (Fsp3) is 0.556. The second-order valence-electron chi connectivity index (χ2n) is 6.93. The monoisotopic (exact) mass is 370 g/mol. The van der Waals surface area contributed by atoms with Gasteiger partial charge in [-0.3, -0.25) is 15.0 Å². The molecule has 2 fully saturated rings. The van der Waals surface area contributed by atoms with E-state index in [2.05, 4.69) is 0 Å². The second kappa shape index (κ2) is 7.26.